The van der Waals surface area contributed by atoms with Gasteiger partial charge in [0.05, 0.1) is 0 Å². The van der Waals surface area contributed by atoms with Crippen LogP contribution >= 0.6 is 0 Å². The molecular formula is C17H27NO. The molecule has 0 spiro atoms. The molecule has 0 amide bonds. The number of carbonyl (C=O) groups excluding carboxylic acids is 1. The summed E-state index contributed by atoms with van der Waals surface area (Å²) in [4.78, 5) is 13.3. The highest BCUT2D eigenvalue weighted by atomic mass is 16.1. The van der Waals surface area contributed by atoms with Crippen molar-refractivity contribution in [3.8, 4) is 0 Å². The van der Waals surface area contributed by atoms with Crippen LogP contribution in [0.2, 0.25) is 0 Å². The third-order valence-corrected chi connectivity index (χ3v) is 4.02. The summed E-state index contributed by atoms with van der Waals surface area (Å²) in [5.74, 6) is 0.284. The van der Waals surface area contributed by atoms with Crippen LogP contribution in [0.3, 0.4) is 0 Å². The third kappa shape index (κ3) is 4.46. The van der Waals surface area contributed by atoms with Gasteiger partial charge >= 0.3 is 0 Å². The van der Waals surface area contributed by atoms with E-state index in [1.807, 2.05) is 0 Å². The minimum atomic E-state index is 0.284. The lowest BCUT2D eigenvalue weighted by atomic mass is 9.94. The molecule has 1 aromatic carbocycles. The summed E-state index contributed by atoms with van der Waals surface area (Å²) in [6, 6.07) is 2.27. The zero-order chi connectivity index (χ0) is 14.6. The first-order valence-electron chi connectivity index (χ1n) is 7.07. The van der Waals surface area contributed by atoms with Gasteiger partial charge in [0, 0.05) is 13.0 Å². The van der Waals surface area contributed by atoms with Gasteiger partial charge in [0.2, 0.25) is 0 Å². The molecule has 0 aromatic heterocycles. The van der Waals surface area contributed by atoms with E-state index in [9.17, 15) is 4.79 Å². The van der Waals surface area contributed by atoms with Gasteiger partial charge < -0.3 is 9.69 Å². The van der Waals surface area contributed by atoms with Crippen LogP contribution in [0.5, 0.6) is 0 Å². The monoisotopic (exact) mass is 261 g/mol. The predicted molar refractivity (Wildman–Crippen MR) is 81.6 cm³/mol. The maximum atomic E-state index is 11.0. The van der Waals surface area contributed by atoms with Crippen molar-refractivity contribution >= 4 is 5.78 Å². The van der Waals surface area contributed by atoms with E-state index in [1.165, 1.54) is 27.8 Å². The van der Waals surface area contributed by atoms with Crippen molar-refractivity contribution in [2.45, 2.75) is 54.0 Å². The summed E-state index contributed by atoms with van der Waals surface area (Å²) >= 11 is 0. The van der Waals surface area contributed by atoms with E-state index in [1.54, 1.807) is 6.92 Å². The summed E-state index contributed by atoms with van der Waals surface area (Å²) in [6.45, 7) is 12.4. The maximum absolute atomic E-state index is 11.0. The van der Waals surface area contributed by atoms with Crippen LogP contribution in [0.15, 0.2) is 6.07 Å². The minimum Gasteiger partial charge on any atom is -0.302 e. The van der Waals surface area contributed by atoms with Crippen LogP contribution in [0.4, 0.5) is 0 Å². The Morgan fingerprint density at radius 1 is 1.11 bits per heavy atom. The number of ketones is 1. The second-order valence-corrected chi connectivity index (χ2v) is 5.78. The molecule has 0 radical (unpaired) electrons. The van der Waals surface area contributed by atoms with Crippen LogP contribution in [0.1, 0.15) is 47.6 Å². The SMILES string of the molecule is CC(=O)CCCN(C)Cc1c(C)c(C)cc(C)c1C. The molecule has 0 N–H and O–H groups in total. The second-order valence-electron chi connectivity index (χ2n) is 5.78. The largest absolute Gasteiger partial charge is 0.302 e. The van der Waals surface area contributed by atoms with Crippen molar-refractivity contribution in [1.82, 2.24) is 4.90 Å². The van der Waals surface area contributed by atoms with E-state index in [4.69, 9.17) is 0 Å². The van der Waals surface area contributed by atoms with Crippen molar-refractivity contribution in [2.75, 3.05) is 13.6 Å². The molecule has 1 aromatic rings. The van der Waals surface area contributed by atoms with Gasteiger partial charge in [-0.05, 0) is 82.4 Å². The van der Waals surface area contributed by atoms with Gasteiger partial charge in [-0.15, -0.1) is 0 Å². The molecule has 2 heteroatoms. The minimum absolute atomic E-state index is 0.284. The Morgan fingerprint density at radius 3 is 2.11 bits per heavy atom. The van der Waals surface area contributed by atoms with Gasteiger partial charge in [-0.1, -0.05) is 6.07 Å². The molecule has 2 nitrogen and oxygen atoms in total. The number of hydrogen-bond donors (Lipinski definition) is 0. The molecule has 0 unspecified atom stereocenters. The molecule has 0 aliphatic rings. The number of nitrogens with zero attached hydrogens (tertiary/aromatic N) is 1. The topological polar surface area (TPSA) is 20.3 Å². The Hall–Kier alpha value is -1.15. The Morgan fingerprint density at radius 2 is 1.63 bits per heavy atom. The van der Waals surface area contributed by atoms with Crippen molar-refractivity contribution < 1.29 is 4.79 Å². The van der Waals surface area contributed by atoms with E-state index < -0.39 is 0 Å². The third-order valence-electron chi connectivity index (χ3n) is 4.02. The molecule has 0 aliphatic heterocycles. The highest BCUT2D eigenvalue weighted by Gasteiger charge is 2.10. The summed E-state index contributed by atoms with van der Waals surface area (Å²) in [5, 5.41) is 0. The molecule has 0 saturated heterocycles. The van der Waals surface area contributed by atoms with E-state index in [2.05, 4.69) is 45.7 Å². The summed E-state index contributed by atoms with van der Waals surface area (Å²) in [5.41, 5.74) is 7.00. The lowest BCUT2D eigenvalue weighted by molar-refractivity contribution is -0.117. The van der Waals surface area contributed by atoms with Gasteiger partial charge in [-0.3, -0.25) is 0 Å². The fourth-order valence-electron chi connectivity index (χ4n) is 2.48. The van der Waals surface area contributed by atoms with Crippen LogP contribution in [-0.2, 0) is 11.3 Å². The summed E-state index contributed by atoms with van der Waals surface area (Å²) < 4.78 is 0. The molecular weight excluding hydrogens is 234 g/mol. The van der Waals surface area contributed by atoms with Crippen molar-refractivity contribution in [2.24, 2.45) is 0 Å². The highest BCUT2D eigenvalue weighted by Crippen LogP contribution is 2.22. The number of aryl methyl sites for hydroxylation is 2. The first-order chi connectivity index (χ1) is 8.82. The Kier molecular flexibility index (Phi) is 5.74. The predicted octanol–water partition coefficient (Wildman–Crippen LogP) is 3.72. The summed E-state index contributed by atoms with van der Waals surface area (Å²) in [6.07, 6.45) is 1.64. The van der Waals surface area contributed by atoms with Crippen molar-refractivity contribution in [1.29, 1.82) is 0 Å². The number of carbonyl (C=O) groups is 1. The van der Waals surface area contributed by atoms with Crippen LogP contribution in [0.25, 0.3) is 0 Å². The molecule has 106 valence electrons. The number of Topliss-reactive ketones (excluding diaryl/α,β-unsaturated/α-hetero) is 1. The molecule has 0 atom stereocenters. The first-order valence-corrected chi connectivity index (χ1v) is 7.07. The van der Waals surface area contributed by atoms with E-state index >= 15 is 0 Å². The first kappa shape index (κ1) is 15.9. The fourth-order valence-corrected chi connectivity index (χ4v) is 2.48. The number of benzene rings is 1. The molecule has 1 rings (SSSR count). The molecule has 0 bridgehead atoms. The Bertz CT molecular complexity index is 437. The van der Waals surface area contributed by atoms with E-state index in [0.29, 0.717) is 6.42 Å². The Labute approximate surface area is 117 Å². The smallest absolute Gasteiger partial charge is 0.129 e. The van der Waals surface area contributed by atoms with Crippen LogP contribution in [0, 0.1) is 27.7 Å². The van der Waals surface area contributed by atoms with Gasteiger partial charge in [-0.25, -0.2) is 0 Å². The van der Waals surface area contributed by atoms with Crippen LogP contribution in [-0.4, -0.2) is 24.3 Å². The van der Waals surface area contributed by atoms with Gasteiger partial charge in [0.15, 0.2) is 0 Å². The average Bonchev–Trinajstić information content (AvgIpc) is 2.32. The number of rotatable bonds is 6. The molecule has 19 heavy (non-hydrogen) atoms. The zero-order valence-electron chi connectivity index (χ0n) is 13.3. The summed E-state index contributed by atoms with van der Waals surface area (Å²) in [7, 11) is 2.14. The number of hydrogen-bond acceptors (Lipinski definition) is 2. The lowest BCUT2D eigenvalue weighted by Gasteiger charge is -2.21. The molecule has 0 saturated carbocycles. The highest BCUT2D eigenvalue weighted by molar-refractivity contribution is 5.75. The van der Waals surface area contributed by atoms with Gasteiger partial charge in [0.1, 0.15) is 5.78 Å². The van der Waals surface area contributed by atoms with Crippen LogP contribution < -0.4 is 0 Å². The quantitative estimate of drug-likeness (QED) is 0.778. The average molecular weight is 261 g/mol. The van der Waals surface area contributed by atoms with Gasteiger partial charge in [0.25, 0.3) is 0 Å². The van der Waals surface area contributed by atoms with E-state index in [-0.39, 0.29) is 5.78 Å². The zero-order valence-corrected chi connectivity index (χ0v) is 13.3. The second kappa shape index (κ2) is 6.85. The van der Waals surface area contributed by atoms with Crippen molar-refractivity contribution in [3.05, 3.63) is 33.9 Å². The van der Waals surface area contributed by atoms with Gasteiger partial charge in [-0.2, -0.15) is 0 Å². The fraction of sp³-hybridized carbons (Fsp3) is 0.588. The Balaban J connectivity index is 2.74. The van der Waals surface area contributed by atoms with E-state index in [0.717, 1.165) is 19.5 Å². The lowest BCUT2D eigenvalue weighted by Crippen LogP contribution is -2.21. The van der Waals surface area contributed by atoms with Crippen molar-refractivity contribution in [3.63, 3.8) is 0 Å². The maximum Gasteiger partial charge on any atom is 0.129 e. The molecule has 0 heterocycles. The normalized spacial score (nSPS) is 11.1. The standard InChI is InChI=1S/C17H27NO/c1-12-10-13(2)16(5)17(15(12)4)11-18(6)9-7-8-14(3)19/h10H,7-9,11H2,1-6H3. The molecule has 0 aliphatic carbocycles. The molecule has 0 fully saturated rings.